The van der Waals surface area contributed by atoms with E-state index in [1.54, 1.807) is 12.1 Å². The molecular formula is C22H25N5O7. The predicted octanol–water partition coefficient (Wildman–Crippen LogP) is 1.35. The molecule has 12 nitrogen and oxygen atoms in total. The number of hydrogen-bond donors (Lipinski definition) is 1. The third-order valence-corrected chi connectivity index (χ3v) is 5.19. The van der Waals surface area contributed by atoms with Gasteiger partial charge in [-0.3, -0.25) is 24.8 Å². The van der Waals surface area contributed by atoms with Crippen molar-refractivity contribution >= 4 is 29.8 Å². The molecule has 2 aromatic rings. The molecule has 4 rings (SSSR count). The van der Waals surface area contributed by atoms with Crippen molar-refractivity contribution in [3.8, 4) is 11.3 Å². The first-order chi connectivity index (χ1) is 16.5. The molecule has 0 radical (unpaired) electrons. The lowest BCUT2D eigenvalue weighted by atomic mass is 10.1. The van der Waals surface area contributed by atoms with E-state index in [0.717, 1.165) is 21.2 Å². The number of furan rings is 1. The number of anilines is 1. The number of carbonyl (C=O) groups is 3. The first kappa shape index (κ1) is 23.4. The number of esters is 1. The lowest BCUT2D eigenvalue weighted by Crippen LogP contribution is -2.41. The lowest BCUT2D eigenvalue weighted by Gasteiger charge is -2.25. The fourth-order valence-corrected chi connectivity index (χ4v) is 3.39. The van der Waals surface area contributed by atoms with Crippen molar-refractivity contribution in [1.29, 1.82) is 0 Å². The summed E-state index contributed by atoms with van der Waals surface area (Å²) < 4.78 is 16.1. The molecule has 2 saturated heterocycles. The van der Waals surface area contributed by atoms with Crippen LogP contribution in [0.15, 0.2) is 45.9 Å². The van der Waals surface area contributed by atoms with Gasteiger partial charge in [0.15, 0.2) is 6.73 Å². The Morgan fingerprint density at radius 1 is 1.15 bits per heavy atom. The maximum absolute atomic E-state index is 12.5. The molecule has 0 saturated carbocycles. The van der Waals surface area contributed by atoms with Crippen LogP contribution in [0.5, 0.6) is 0 Å². The van der Waals surface area contributed by atoms with E-state index in [-0.39, 0.29) is 13.1 Å². The number of hydrogen-bond acceptors (Lipinski definition) is 10. The van der Waals surface area contributed by atoms with Gasteiger partial charge in [-0.25, -0.2) is 14.7 Å². The van der Waals surface area contributed by atoms with Crippen LogP contribution in [0, 0.1) is 0 Å². The Hall–Kier alpha value is -3.74. The Balaban J connectivity index is 1.29. The summed E-state index contributed by atoms with van der Waals surface area (Å²) in [5.74, 6) is -0.00223. The van der Waals surface area contributed by atoms with Crippen LogP contribution in [0.3, 0.4) is 0 Å². The van der Waals surface area contributed by atoms with E-state index in [9.17, 15) is 14.4 Å². The van der Waals surface area contributed by atoms with Crippen molar-refractivity contribution in [3.63, 3.8) is 0 Å². The van der Waals surface area contributed by atoms with Crippen LogP contribution >= 0.6 is 0 Å². The number of benzene rings is 1. The minimum absolute atomic E-state index is 0.0773. The maximum Gasteiger partial charge on any atom is 0.350 e. The number of morpholine rings is 1. The molecule has 1 N–H and O–H groups in total. The van der Waals surface area contributed by atoms with Gasteiger partial charge < -0.3 is 13.9 Å². The molecule has 12 heteroatoms. The van der Waals surface area contributed by atoms with Crippen molar-refractivity contribution in [3.05, 3.63) is 42.2 Å². The Kier molecular flexibility index (Phi) is 7.52. The first-order valence-corrected chi connectivity index (χ1v) is 10.6. The molecule has 2 aliphatic heterocycles. The molecular weight excluding hydrogens is 446 g/mol. The first-order valence-electron chi connectivity index (χ1n) is 10.6. The van der Waals surface area contributed by atoms with Gasteiger partial charge in [0.2, 0.25) is 0 Å². The van der Waals surface area contributed by atoms with Crippen LogP contribution in [0.2, 0.25) is 0 Å². The Morgan fingerprint density at radius 3 is 2.65 bits per heavy atom. The van der Waals surface area contributed by atoms with Crippen LogP contribution < -0.4 is 5.48 Å². The highest BCUT2D eigenvalue weighted by molar-refractivity contribution is 6.02. The fourth-order valence-electron chi connectivity index (χ4n) is 3.39. The van der Waals surface area contributed by atoms with Crippen LogP contribution in [-0.4, -0.2) is 92.2 Å². The minimum atomic E-state index is -0.673. The second-order valence-corrected chi connectivity index (χ2v) is 7.53. The second kappa shape index (κ2) is 10.9. The standard InChI is InChI=1S/C22H25N5O7/c1-31-24-17-4-2-16(3-5-17)19-7-6-18(34-19)12-23-27-13-20(28)26(22(27)30)15-33-21(29)14-25-8-10-32-11-9-25/h2-7,12,24H,8-11,13-15H2,1H3/b23-12+. The van der Waals surface area contributed by atoms with E-state index in [2.05, 4.69) is 10.6 Å². The van der Waals surface area contributed by atoms with Gasteiger partial charge >= 0.3 is 12.0 Å². The largest absolute Gasteiger partial charge is 0.455 e. The smallest absolute Gasteiger partial charge is 0.350 e. The highest BCUT2D eigenvalue weighted by Gasteiger charge is 2.37. The van der Waals surface area contributed by atoms with Crippen molar-refractivity contribution in [1.82, 2.24) is 14.8 Å². The van der Waals surface area contributed by atoms with Crippen molar-refractivity contribution < 1.29 is 33.1 Å². The molecule has 0 bridgehead atoms. The molecule has 2 fully saturated rings. The summed E-state index contributed by atoms with van der Waals surface area (Å²) in [6.07, 6.45) is 1.35. The number of nitrogens with one attached hydrogen (secondary N) is 1. The molecule has 34 heavy (non-hydrogen) atoms. The second-order valence-electron chi connectivity index (χ2n) is 7.53. The third kappa shape index (κ3) is 5.78. The Bertz CT molecular complexity index is 1050. The van der Waals surface area contributed by atoms with Crippen LogP contribution in [0.25, 0.3) is 11.3 Å². The molecule has 0 aliphatic carbocycles. The molecule has 1 aromatic heterocycles. The van der Waals surface area contributed by atoms with Crippen molar-refractivity contribution in [2.75, 3.05) is 58.7 Å². The van der Waals surface area contributed by atoms with Gasteiger partial charge in [0.05, 0.1) is 38.8 Å². The van der Waals surface area contributed by atoms with E-state index < -0.39 is 24.6 Å². The molecule has 180 valence electrons. The summed E-state index contributed by atoms with van der Waals surface area (Å²) in [6, 6.07) is 10.2. The summed E-state index contributed by atoms with van der Waals surface area (Å²) in [6.45, 7) is 1.74. The quantitative estimate of drug-likeness (QED) is 0.250. The van der Waals surface area contributed by atoms with Gasteiger partial charge in [0.1, 0.15) is 18.1 Å². The molecule has 3 heterocycles. The Labute approximate surface area is 195 Å². The Morgan fingerprint density at radius 2 is 1.91 bits per heavy atom. The van der Waals surface area contributed by atoms with Gasteiger partial charge in [0, 0.05) is 18.7 Å². The van der Waals surface area contributed by atoms with Crippen LogP contribution in [0.1, 0.15) is 5.76 Å². The molecule has 0 unspecified atom stereocenters. The normalized spacial score (nSPS) is 17.1. The van der Waals surface area contributed by atoms with Gasteiger partial charge in [0.25, 0.3) is 5.91 Å². The van der Waals surface area contributed by atoms with Gasteiger partial charge in [-0.1, -0.05) is 0 Å². The van der Waals surface area contributed by atoms with Crippen molar-refractivity contribution in [2.24, 2.45) is 5.10 Å². The third-order valence-electron chi connectivity index (χ3n) is 5.19. The molecule has 0 spiro atoms. The van der Waals surface area contributed by atoms with Gasteiger partial charge in [-0.15, -0.1) is 0 Å². The monoisotopic (exact) mass is 471 g/mol. The van der Waals surface area contributed by atoms with Crippen LogP contribution in [-0.2, 0) is 23.9 Å². The van der Waals surface area contributed by atoms with E-state index >= 15 is 0 Å². The van der Waals surface area contributed by atoms with Gasteiger partial charge in [-0.2, -0.15) is 5.10 Å². The van der Waals surface area contributed by atoms with Crippen molar-refractivity contribution in [2.45, 2.75) is 0 Å². The molecule has 2 aliphatic rings. The summed E-state index contributed by atoms with van der Waals surface area (Å²) >= 11 is 0. The summed E-state index contributed by atoms with van der Waals surface area (Å²) in [5.41, 5.74) is 4.38. The number of hydrazone groups is 1. The highest BCUT2D eigenvalue weighted by atomic mass is 16.6. The number of imide groups is 1. The van der Waals surface area contributed by atoms with Gasteiger partial charge in [-0.05, 0) is 36.4 Å². The van der Waals surface area contributed by atoms with Crippen LogP contribution in [0.4, 0.5) is 10.5 Å². The maximum atomic E-state index is 12.5. The average molecular weight is 471 g/mol. The number of ether oxygens (including phenoxy) is 2. The van der Waals surface area contributed by atoms with E-state index in [4.69, 9.17) is 18.7 Å². The minimum Gasteiger partial charge on any atom is -0.455 e. The average Bonchev–Trinajstić information content (AvgIpc) is 3.42. The number of carbonyl (C=O) groups excluding carboxylic acids is 3. The topological polar surface area (TPSA) is 126 Å². The highest BCUT2D eigenvalue weighted by Crippen LogP contribution is 2.23. The predicted molar refractivity (Wildman–Crippen MR) is 120 cm³/mol. The molecule has 3 amide bonds. The summed E-state index contributed by atoms with van der Waals surface area (Å²) in [5, 5.41) is 5.05. The zero-order valence-electron chi connectivity index (χ0n) is 18.6. The summed E-state index contributed by atoms with van der Waals surface area (Å²) in [4.78, 5) is 44.3. The van der Waals surface area contributed by atoms with E-state index in [1.807, 2.05) is 29.2 Å². The SMILES string of the molecule is CONc1ccc(-c2ccc(/C=N/N3CC(=O)N(COC(=O)CN4CCOCC4)C3=O)o2)cc1. The van der Waals surface area contributed by atoms with E-state index in [1.165, 1.54) is 13.3 Å². The number of urea groups is 1. The lowest BCUT2D eigenvalue weighted by molar-refractivity contribution is -0.151. The number of rotatable bonds is 9. The van der Waals surface area contributed by atoms with E-state index in [0.29, 0.717) is 37.8 Å². The molecule has 0 atom stereocenters. The number of amides is 3. The molecule has 1 aromatic carbocycles. The zero-order chi connectivity index (χ0) is 23.9. The zero-order valence-corrected chi connectivity index (χ0v) is 18.6. The number of nitrogens with zero attached hydrogens (tertiary/aromatic N) is 4. The summed E-state index contributed by atoms with van der Waals surface area (Å²) in [7, 11) is 1.53. The fraction of sp³-hybridized carbons (Fsp3) is 0.364.